The predicted molar refractivity (Wildman–Crippen MR) is 160 cm³/mol. The van der Waals surface area contributed by atoms with E-state index in [4.69, 9.17) is 0 Å². The molecule has 1 aliphatic rings. The molecule has 2 aromatic carbocycles. The Bertz CT molecular complexity index is 1510. The van der Waals surface area contributed by atoms with E-state index in [9.17, 15) is 19.5 Å². The van der Waals surface area contributed by atoms with Crippen LogP contribution in [0.15, 0.2) is 60.0 Å². The number of pyridine rings is 1. The van der Waals surface area contributed by atoms with Crippen molar-refractivity contribution in [1.29, 1.82) is 0 Å². The highest BCUT2D eigenvalue weighted by atomic mass is 16.3. The van der Waals surface area contributed by atoms with Crippen molar-refractivity contribution in [3.8, 4) is 11.1 Å². The van der Waals surface area contributed by atoms with Crippen LogP contribution in [-0.2, 0) is 20.1 Å². The average molecular weight is 544 g/mol. The second-order valence-electron chi connectivity index (χ2n) is 10.4. The fourth-order valence-corrected chi connectivity index (χ4v) is 4.96. The number of aliphatic hydroxyl groups excluding tert-OH is 1. The molecule has 1 aromatic heterocycles. The van der Waals surface area contributed by atoms with Crippen LogP contribution in [0.25, 0.3) is 16.7 Å². The maximum atomic E-state index is 13.6. The summed E-state index contributed by atoms with van der Waals surface area (Å²) < 4.78 is 1.40. The Morgan fingerprint density at radius 2 is 1.90 bits per heavy atom. The van der Waals surface area contributed by atoms with Gasteiger partial charge in [0, 0.05) is 43.0 Å². The van der Waals surface area contributed by atoms with Crippen molar-refractivity contribution in [2.45, 2.75) is 26.4 Å². The van der Waals surface area contributed by atoms with E-state index in [0.29, 0.717) is 47.5 Å². The Hall–Kier alpha value is -4.21. The van der Waals surface area contributed by atoms with Crippen molar-refractivity contribution in [1.82, 2.24) is 14.8 Å². The van der Waals surface area contributed by atoms with Gasteiger partial charge in [0.05, 0.1) is 12.3 Å². The Labute approximate surface area is 234 Å². The molecule has 9 nitrogen and oxygen atoms in total. The summed E-state index contributed by atoms with van der Waals surface area (Å²) in [6.45, 7) is 7.41. The summed E-state index contributed by atoms with van der Waals surface area (Å²) in [7, 11) is 5.54. The minimum Gasteiger partial charge on any atom is -0.392 e. The summed E-state index contributed by atoms with van der Waals surface area (Å²) in [5.74, 6) is -0.130. The van der Waals surface area contributed by atoms with Gasteiger partial charge in [-0.1, -0.05) is 36.4 Å². The monoisotopic (exact) mass is 543 g/mol. The lowest BCUT2D eigenvalue weighted by molar-refractivity contribution is 0.0980. The summed E-state index contributed by atoms with van der Waals surface area (Å²) >= 11 is 0. The van der Waals surface area contributed by atoms with Crippen LogP contribution in [-0.4, -0.2) is 60.2 Å². The average Bonchev–Trinajstić information content (AvgIpc) is 2.93. The van der Waals surface area contributed by atoms with Crippen molar-refractivity contribution in [2.75, 3.05) is 43.9 Å². The number of rotatable bonds is 9. The van der Waals surface area contributed by atoms with Crippen LogP contribution < -0.4 is 21.1 Å². The highest BCUT2D eigenvalue weighted by molar-refractivity contribution is 6.09. The second-order valence-corrected chi connectivity index (χ2v) is 10.4. The number of aliphatic hydroxyl groups is 1. The molecule has 0 radical (unpaired) electrons. The van der Waals surface area contributed by atoms with Crippen LogP contribution >= 0.6 is 0 Å². The van der Waals surface area contributed by atoms with Gasteiger partial charge < -0.3 is 30.1 Å². The molecule has 2 heterocycles. The van der Waals surface area contributed by atoms with Crippen LogP contribution in [0, 0.1) is 0 Å². The number of nitrogens with zero attached hydrogens (tertiary/aromatic N) is 3. The largest absolute Gasteiger partial charge is 0.392 e. The molecule has 4 rings (SSSR count). The third kappa shape index (κ3) is 6.16. The van der Waals surface area contributed by atoms with Gasteiger partial charge in [-0.15, -0.1) is 0 Å². The standard InChI is InChI=1S/C31H37N5O4/c1-20(2)21-10-11-25-22(16-21)12-15-36(29(25)38)28-9-6-8-24(26(28)19-37)23-17-27(30(39)35(5)18-23)33-31(40)32-13-7-14-34(3)4/h6,8-11,16-18,37H,1,7,12-15,19H2,2-5H3,(H2,32,33,40). The van der Waals surface area contributed by atoms with Crippen molar-refractivity contribution < 1.29 is 14.7 Å². The molecule has 0 unspecified atom stereocenters. The van der Waals surface area contributed by atoms with Crippen LogP contribution in [0.4, 0.5) is 16.2 Å². The summed E-state index contributed by atoms with van der Waals surface area (Å²) in [6.07, 6.45) is 3.11. The number of allylic oxidation sites excluding steroid dienone is 1. The van der Waals surface area contributed by atoms with Crippen LogP contribution in [0.2, 0.25) is 0 Å². The zero-order chi connectivity index (χ0) is 29.0. The fraction of sp³-hybridized carbons (Fsp3) is 0.323. The van der Waals surface area contributed by atoms with Crippen molar-refractivity contribution in [2.24, 2.45) is 7.05 Å². The number of fused-ring (bicyclic) bond motifs is 1. The van der Waals surface area contributed by atoms with Gasteiger partial charge in [-0.2, -0.15) is 0 Å². The van der Waals surface area contributed by atoms with E-state index >= 15 is 0 Å². The summed E-state index contributed by atoms with van der Waals surface area (Å²) in [4.78, 5) is 42.6. The maximum Gasteiger partial charge on any atom is 0.319 e. The molecule has 9 heteroatoms. The Balaban J connectivity index is 1.64. The first-order valence-electron chi connectivity index (χ1n) is 13.3. The van der Waals surface area contributed by atoms with E-state index in [1.807, 2.05) is 62.3 Å². The highest BCUT2D eigenvalue weighted by Crippen LogP contribution is 2.35. The van der Waals surface area contributed by atoms with Crippen molar-refractivity contribution in [3.63, 3.8) is 0 Å². The molecular weight excluding hydrogens is 506 g/mol. The van der Waals surface area contributed by atoms with Gasteiger partial charge in [0.25, 0.3) is 11.5 Å². The molecule has 0 saturated carbocycles. The molecule has 210 valence electrons. The number of benzene rings is 2. The number of hydrogen-bond acceptors (Lipinski definition) is 5. The molecule has 3 aromatic rings. The smallest absolute Gasteiger partial charge is 0.319 e. The van der Waals surface area contributed by atoms with E-state index in [1.54, 1.807) is 24.2 Å². The lowest BCUT2D eigenvalue weighted by Crippen LogP contribution is -2.38. The molecule has 3 amide bonds. The predicted octanol–water partition coefficient (Wildman–Crippen LogP) is 3.85. The van der Waals surface area contributed by atoms with Gasteiger partial charge in [0.2, 0.25) is 0 Å². The van der Waals surface area contributed by atoms with E-state index in [1.165, 1.54) is 4.57 Å². The molecule has 0 spiro atoms. The van der Waals surface area contributed by atoms with Gasteiger partial charge in [-0.3, -0.25) is 9.59 Å². The first-order valence-corrected chi connectivity index (χ1v) is 13.3. The molecule has 0 aliphatic carbocycles. The quantitative estimate of drug-likeness (QED) is 0.356. The Morgan fingerprint density at radius 3 is 2.60 bits per heavy atom. The maximum absolute atomic E-state index is 13.6. The number of aryl methyl sites for hydroxylation is 1. The van der Waals surface area contributed by atoms with E-state index in [2.05, 4.69) is 17.2 Å². The molecule has 0 bridgehead atoms. The number of urea groups is 1. The normalized spacial score (nSPS) is 12.8. The van der Waals surface area contributed by atoms with E-state index in [-0.39, 0.29) is 23.8 Å². The topological polar surface area (TPSA) is 107 Å². The molecule has 3 N–H and O–H groups in total. The molecule has 40 heavy (non-hydrogen) atoms. The number of amides is 3. The van der Waals surface area contributed by atoms with Gasteiger partial charge in [-0.05, 0) is 75.3 Å². The summed E-state index contributed by atoms with van der Waals surface area (Å²) in [5.41, 5.74) is 5.82. The first-order chi connectivity index (χ1) is 19.1. The summed E-state index contributed by atoms with van der Waals surface area (Å²) in [6, 6.07) is 12.4. The fourth-order valence-electron chi connectivity index (χ4n) is 4.96. The third-order valence-electron chi connectivity index (χ3n) is 7.09. The number of carbonyl (C=O) groups is 2. The molecular formula is C31H37N5O4. The second kappa shape index (κ2) is 12.3. The van der Waals surface area contributed by atoms with Crippen LogP contribution in [0.1, 0.15) is 40.4 Å². The molecule has 0 fully saturated rings. The highest BCUT2D eigenvalue weighted by Gasteiger charge is 2.28. The van der Waals surface area contributed by atoms with E-state index < -0.39 is 6.03 Å². The molecule has 0 saturated heterocycles. The van der Waals surface area contributed by atoms with Crippen LogP contribution in [0.3, 0.4) is 0 Å². The van der Waals surface area contributed by atoms with Gasteiger partial charge >= 0.3 is 6.03 Å². The SMILES string of the molecule is C=C(C)c1ccc2c(c1)CCN(c1cccc(-c3cc(NC(=O)NCCCN(C)C)c(=O)n(C)c3)c1CO)C2=O. The van der Waals surface area contributed by atoms with Gasteiger partial charge in [0.15, 0.2) is 0 Å². The Morgan fingerprint density at radius 1 is 1.12 bits per heavy atom. The number of aromatic nitrogens is 1. The molecule has 1 aliphatic heterocycles. The van der Waals surface area contributed by atoms with Crippen LogP contribution in [0.5, 0.6) is 0 Å². The first kappa shape index (κ1) is 28.8. The minimum absolute atomic E-state index is 0.121. The minimum atomic E-state index is -0.462. The molecule has 0 atom stereocenters. The number of nitrogens with one attached hydrogen (secondary N) is 2. The van der Waals surface area contributed by atoms with Gasteiger partial charge in [0.1, 0.15) is 5.69 Å². The number of hydrogen-bond donors (Lipinski definition) is 3. The van der Waals surface area contributed by atoms with Crippen molar-refractivity contribution >= 4 is 28.9 Å². The lowest BCUT2D eigenvalue weighted by Gasteiger charge is -2.31. The Kier molecular flexibility index (Phi) is 8.86. The zero-order valence-corrected chi connectivity index (χ0v) is 23.6. The third-order valence-corrected chi connectivity index (χ3v) is 7.09. The van der Waals surface area contributed by atoms with Gasteiger partial charge in [-0.25, -0.2) is 4.79 Å². The van der Waals surface area contributed by atoms with E-state index in [0.717, 1.165) is 29.7 Å². The van der Waals surface area contributed by atoms with Crippen molar-refractivity contribution in [3.05, 3.63) is 87.8 Å². The summed E-state index contributed by atoms with van der Waals surface area (Å²) in [5, 5.41) is 15.9. The number of carbonyl (C=O) groups excluding carboxylic acids is 2. The number of anilines is 2. The zero-order valence-electron chi connectivity index (χ0n) is 23.6. The lowest BCUT2D eigenvalue weighted by atomic mass is 9.93.